The molecule has 0 unspecified atom stereocenters. The molecule has 3 aromatic rings. The van der Waals surface area contributed by atoms with Crippen LogP contribution in [-0.2, 0) is 16.0 Å². The molecule has 6 rings (SSSR count). The van der Waals surface area contributed by atoms with Gasteiger partial charge in [0.25, 0.3) is 5.91 Å². The van der Waals surface area contributed by atoms with Crippen molar-refractivity contribution in [1.29, 1.82) is 0 Å². The van der Waals surface area contributed by atoms with E-state index in [1.165, 1.54) is 23.0 Å². The van der Waals surface area contributed by atoms with E-state index in [0.717, 1.165) is 60.6 Å². The van der Waals surface area contributed by atoms with Gasteiger partial charge in [-0.25, -0.2) is 4.99 Å². The molecule has 0 N–H and O–H groups in total. The number of thioether (sulfide) groups is 2. The summed E-state index contributed by atoms with van der Waals surface area (Å²) in [5.74, 6) is -0.000490. The molecule has 9 heteroatoms. The number of hydrogen-bond donors (Lipinski definition) is 0. The average Bonchev–Trinajstić information content (AvgIpc) is 3.49. The Kier molecular flexibility index (Phi) is 7.88. The summed E-state index contributed by atoms with van der Waals surface area (Å²) in [6, 6.07) is 24.4. The molecule has 3 heterocycles. The second-order valence-corrected chi connectivity index (χ2v) is 11.8. The summed E-state index contributed by atoms with van der Waals surface area (Å²) in [5.41, 5.74) is 4.24. The monoisotopic (exact) mass is 576 g/mol. The molecule has 0 saturated carbocycles. The Labute approximate surface area is 242 Å². The largest absolute Gasteiger partial charge is 0.378 e. The molecule has 0 spiro atoms. The molecule has 0 radical (unpaired) electrons. The number of nitrogens with zero attached hydrogens (tertiary/aromatic N) is 4. The quantitative estimate of drug-likeness (QED) is 0.301. The molecule has 0 bridgehead atoms. The maximum atomic E-state index is 13.9. The summed E-state index contributed by atoms with van der Waals surface area (Å²) < 4.78 is 5.48. The number of amidine groups is 1. The van der Waals surface area contributed by atoms with Crippen molar-refractivity contribution >= 4 is 63.3 Å². The van der Waals surface area contributed by atoms with E-state index in [4.69, 9.17) is 21.3 Å². The van der Waals surface area contributed by atoms with Gasteiger partial charge in [-0.3, -0.25) is 9.69 Å². The third-order valence-electron chi connectivity index (χ3n) is 6.96. The molecular formula is C30H29ClN4O2S2. The van der Waals surface area contributed by atoms with Gasteiger partial charge in [-0.1, -0.05) is 53.7 Å². The first-order valence-electron chi connectivity index (χ1n) is 13.1. The topological polar surface area (TPSA) is 48.4 Å². The smallest absolute Gasteiger partial charge is 0.269 e. The van der Waals surface area contributed by atoms with Crippen LogP contribution in [0, 0.1) is 0 Å². The zero-order valence-corrected chi connectivity index (χ0v) is 24.1. The lowest BCUT2D eigenvalue weighted by atomic mass is 10.1. The number of ether oxygens (including phenoxy) is 1. The first kappa shape index (κ1) is 26.3. The van der Waals surface area contributed by atoms with Crippen molar-refractivity contribution in [3.8, 4) is 0 Å². The minimum atomic E-state index is -0.000490. The number of carbonyl (C=O) groups is 1. The van der Waals surface area contributed by atoms with Gasteiger partial charge in [-0.15, -0.1) is 0 Å². The predicted molar refractivity (Wildman–Crippen MR) is 163 cm³/mol. The number of aliphatic imine (C=N–C) groups is 1. The first-order chi connectivity index (χ1) is 19.1. The van der Waals surface area contributed by atoms with E-state index < -0.39 is 0 Å². The van der Waals surface area contributed by atoms with Gasteiger partial charge in [0.2, 0.25) is 0 Å². The fraction of sp³-hybridized carbons (Fsp3) is 0.267. The number of benzene rings is 3. The van der Waals surface area contributed by atoms with Crippen LogP contribution >= 0.6 is 35.1 Å². The van der Waals surface area contributed by atoms with Crippen molar-refractivity contribution in [3.05, 3.63) is 93.3 Å². The Bertz CT molecular complexity index is 1420. The van der Waals surface area contributed by atoms with Crippen molar-refractivity contribution < 1.29 is 9.53 Å². The zero-order valence-electron chi connectivity index (χ0n) is 21.7. The number of amides is 1. The Morgan fingerprint density at radius 2 is 1.72 bits per heavy atom. The highest BCUT2D eigenvalue weighted by Crippen LogP contribution is 2.51. The summed E-state index contributed by atoms with van der Waals surface area (Å²) in [4.78, 5) is 27.1. The van der Waals surface area contributed by atoms with Crippen molar-refractivity contribution in [2.45, 2.75) is 18.2 Å². The number of hydrogen-bond acceptors (Lipinski definition) is 7. The second kappa shape index (κ2) is 11.7. The van der Waals surface area contributed by atoms with E-state index in [1.54, 1.807) is 11.8 Å². The average molecular weight is 577 g/mol. The number of anilines is 2. The van der Waals surface area contributed by atoms with Crippen LogP contribution in [0.3, 0.4) is 0 Å². The van der Waals surface area contributed by atoms with Crippen molar-refractivity contribution in [3.63, 3.8) is 0 Å². The molecule has 3 aliphatic rings. The van der Waals surface area contributed by atoms with Crippen molar-refractivity contribution in [2.75, 3.05) is 49.2 Å². The van der Waals surface area contributed by atoms with Crippen molar-refractivity contribution in [2.24, 2.45) is 4.99 Å². The van der Waals surface area contributed by atoms with Gasteiger partial charge in [0.05, 0.1) is 24.6 Å². The SMILES string of the molecule is CCN1/C(=C2/SC(=Nc3ccc(N4CCOCC4)cc3)N(CCc3ccccc3)C2=O)Sc2ccc(Cl)cc21. The van der Waals surface area contributed by atoms with E-state index in [0.29, 0.717) is 21.6 Å². The number of morpholine rings is 1. The summed E-state index contributed by atoms with van der Waals surface area (Å²) in [5, 5.41) is 2.35. The van der Waals surface area contributed by atoms with Crippen LogP contribution in [0.5, 0.6) is 0 Å². The van der Waals surface area contributed by atoms with Crippen LogP contribution in [-0.4, -0.2) is 55.4 Å². The van der Waals surface area contributed by atoms with E-state index in [9.17, 15) is 4.79 Å². The van der Waals surface area contributed by atoms with Crippen LogP contribution in [0.4, 0.5) is 17.1 Å². The number of carbonyl (C=O) groups excluding carboxylic acids is 1. The van der Waals surface area contributed by atoms with Gasteiger partial charge >= 0.3 is 0 Å². The normalized spacial score (nSPS) is 20.3. The lowest BCUT2D eigenvalue weighted by molar-refractivity contribution is -0.122. The van der Waals surface area contributed by atoms with Gasteiger partial charge in [0.15, 0.2) is 5.17 Å². The highest BCUT2D eigenvalue weighted by Gasteiger charge is 2.39. The van der Waals surface area contributed by atoms with Crippen LogP contribution in [0.2, 0.25) is 5.02 Å². The first-order valence-corrected chi connectivity index (χ1v) is 15.2. The number of fused-ring (bicyclic) bond motifs is 1. The summed E-state index contributed by atoms with van der Waals surface area (Å²) >= 11 is 9.41. The van der Waals surface area contributed by atoms with Gasteiger partial charge in [0, 0.05) is 41.8 Å². The lowest BCUT2D eigenvalue weighted by Gasteiger charge is -2.28. The van der Waals surface area contributed by atoms with E-state index >= 15 is 0 Å². The van der Waals surface area contributed by atoms with Gasteiger partial charge in [0.1, 0.15) is 9.93 Å². The van der Waals surface area contributed by atoms with Crippen LogP contribution in [0.25, 0.3) is 0 Å². The van der Waals surface area contributed by atoms with Gasteiger partial charge in [-0.05, 0) is 73.1 Å². The molecule has 1 amide bonds. The number of rotatable bonds is 6. The Morgan fingerprint density at radius 3 is 2.46 bits per heavy atom. The molecule has 39 heavy (non-hydrogen) atoms. The summed E-state index contributed by atoms with van der Waals surface area (Å²) in [6.45, 7) is 6.68. The van der Waals surface area contributed by atoms with Crippen LogP contribution in [0.15, 0.2) is 92.6 Å². The molecular weight excluding hydrogens is 548 g/mol. The molecule has 0 atom stereocenters. The zero-order chi connectivity index (χ0) is 26.8. The maximum Gasteiger partial charge on any atom is 0.269 e. The Balaban J connectivity index is 1.32. The van der Waals surface area contributed by atoms with Crippen LogP contribution in [0.1, 0.15) is 12.5 Å². The predicted octanol–water partition coefficient (Wildman–Crippen LogP) is 6.78. The summed E-state index contributed by atoms with van der Waals surface area (Å²) in [7, 11) is 0. The highest BCUT2D eigenvalue weighted by atomic mass is 35.5. The third kappa shape index (κ3) is 5.57. The molecule has 200 valence electrons. The molecule has 3 aromatic carbocycles. The minimum absolute atomic E-state index is 0.000490. The molecule has 0 aliphatic carbocycles. The van der Waals surface area contributed by atoms with Gasteiger partial charge < -0.3 is 14.5 Å². The van der Waals surface area contributed by atoms with E-state index in [-0.39, 0.29) is 5.91 Å². The third-order valence-corrected chi connectivity index (χ3v) is 9.57. The molecule has 0 aromatic heterocycles. The fourth-order valence-corrected chi connectivity index (χ4v) is 7.47. The lowest BCUT2D eigenvalue weighted by Crippen LogP contribution is -2.36. The minimum Gasteiger partial charge on any atom is -0.378 e. The Hall–Kier alpha value is -2.91. The fourth-order valence-electron chi connectivity index (χ4n) is 4.91. The number of halogens is 1. The molecule has 3 aliphatic heterocycles. The van der Waals surface area contributed by atoms with E-state index in [1.807, 2.05) is 53.4 Å². The standard InChI is InChI=1S/C30H29ClN4O2S2/c1-2-34-25-20-22(31)8-13-26(25)38-29(34)27-28(36)35(15-14-21-6-4-3-5-7-21)30(39-27)32-23-9-11-24(12-10-23)33-16-18-37-19-17-33/h3-13,20H,2,14-19H2,1H3/b29-27-,32-30?. The van der Waals surface area contributed by atoms with E-state index in [2.05, 4.69) is 41.0 Å². The molecule has 2 saturated heterocycles. The van der Waals surface area contributed by atoms with Gasteiger partial charge in [-0.2, -0.15) is 0 Å². The molecule has 6 nitrogen and oxygen atoms in total. The van der Waals surface area contributed by atoms with Crippen molar-refractivity contribution in [1.82, 2.24) is 4.90 Å². The Morgan fingerprint density at radius 1 is 0.949 bits per heavy atom. The summed E-state index contributed by atoms with van der Waals surface area (Å²) in [6.07, 6.45) is 0.755. The maximum absolute atomic E-state index is 13.9. The van der Waals surface area contributed by atoms with Crippen LogP contribution < -0.4 is 9.80 Å². The second-order valence-electron chi connectivity index (χ2n) is 9.40. The molecule has 2 fully saturated rings. The highest BCUT2D eigenvalue weighted by molar-refractivity contribution is 8.19.